The Bertz CT molecular complexity index is 598. The molecule has 0 amide bonds. The van der Waals surface area contributed by atoms with Crippen molar-refractivity contribution >= 4 is 23.7 Å². The van der Waals surface area contributed by atoms with Gasteiger partial charge >= 0.3 is 17.9 Å². The van der Waals surface area contributed by atoms with Crippen molar-refractivity contribution in [2.24, 2.45) is 0 Å². The number of Topliss-reactive ketones (excluding diaryl/α,β-unsaturated/α-hetero) is 1. The number of esters is 2. The van der Waals surface area contributed by atoms with Crippen LogP contribution in [0.4, 0.5) is 0 Å². The number of carbonyl (C=O) groups is 4. The number of ether oxygens (including phenoxy) is 9. The van der Waals surface area contributed by atoms with E-state index in [-0.39, 0.29) is 38.4 Å². The predicted octanol–water partition coefficient (Wildman–Crippen LogP) is -0.357. The summed E-state index contributed by atoms with van der Waals surface area (Å²) in [7, 11) is 1.34. The van der Waals surface area contributed by atoms with E-state index in [1.807, 2.05) is 0 Å². The van der Waals surface area contributed by atoms with Gasteiger partial charge in [0.15, 0.2) is 0 Å². The number of ketones is 1. The second-order valence-electron chi connectivity index (χ2n) is 7.06. The number of carbonyl (C=O) groups excluding carboxylic acids is 3. The van der Waals surface area contributed by atoms with Crippen LogP contribution in [0.5, 0.6) is 0 Å². The van der Waals surface area contributed by atoms with Crippen LogP contribution in [0.1, 0.15) is 19.3 Å². The minimum atomic E-state index is -1.56. The molecule has 0 bridgehead atoms. The van der Waals surface area contributed by atoms with Crippen LogP contribution in [0.25, 0.3) is 0 Å². The largest absolute Gasteiger partial charge is 0.476 e. The van der Waals surface area contributed by atoms with Crippen LogP contribution in [-0.2, 0) is 61.8 Å². The Morgan fingerprint density at radius 3 is 1.16 bits per heavy atom. The molecule has 37 heavy (non-hydrogen) atoms. The van der Waals surface area contributed by atoms with Crippen molar-refractivity contribution in [2.45, 2.75) is 19.3 Å². The van der Waals surface area contributed by atoms with Crippen LogP contribution in [0.15, 0.2) is 0 Å². The van der Waals surface area contributed by atoms with Crippen molar-refractivity contribution in [3.05, 3.63) is 0 Å². The van der Waals surface area contributed by atoms with Gasteiger partial charge in [0.05, 0.1) is 112 Å². The maximum atomic E-state index is 11.3. The third kappa shape index (κ3) is 26.7. The summed E-state index contributed by atoms with van der Waals surface area (Å²) in [6.45, 7) is 5.46. The molecule has 14 nitrogen and oxygen atoms in total. The summed E-state index contributed by atoms with van der Waals surface area (Å²) in [4.78, 5) is 43.4. The predicted molar refractivity (Wildman–Crippen MR) is 125 cm³/mol. The van der Waals surface area contributed by atoms with Gasteiger partial charge in [-0.15, -0.1) is 0 Å². The van der Waals surface area contributed by atoms with Gasteiger partial charge in [0.2, 0.25) is 5.78 Å². The molecule has 0 aromatic carbocycles. The molecular formula is C23H40O14. The fourth-order valence-electron chi connectivity index (χ4n) is 2.29. The maximum Gasteiger partial charge on any atom is 0.372 e. The van der Waals surface area contributed by atoms with Crippen LogP contribution >= 0.6 is 0 Å². The highest BCUT2D eigenvalue weighted by Crippen LogP contribution is 1.95. The zero-order valence-electron chi connectivity index (χ0n) is 21.5. The van der Waals surface area contributed by atoms with Gasteiger partial charge in [-0.25, -0.2) is 4.79 Å². The van der Waals surface area contributed by atoms with E-state index in [0.29, 0.717) is 85.9 Å². The highest BCUT2D eigenvalue weighted by atomic mass is 16.6. The first-order valence-corrected chi connectivity index (χ1v) is 12.0. The fourth-order valence-corrected chi connectivity index (χ4v) is 2.29. The van der Waals surface area contributed by atoms with Crippen molar-refractivity contribution in [3.63, 3.8) is 0 Å². The van der Waals surface area contributed by atoms with Gasteiger partial charge in [0.25, 0.3) is 0 Å². The van der Waals surface area contributed by atoms with Gasteiger partial charge in [0, 0.05) is 6.42 Å². The van der Waals surface area contributed by atoms with Gasteiger partial charge in [-0.1, -0.05) is 0 Å². The summed E-state index contributed by atoms with van der Waals surface area (Å²) < 4.78 is 46.6. The lowest BCUT2D eigenvalue weighted by Crippen LogP contribution is -2.17. The van der Waals surface area contributed by atoms with E-state index in [2.05, 4.69) is 4.74 Å². The number of methoxy groups -OCH3 is 1. The third-order valence-corrected chi connectivity index (χ3v) is 4.20. The highest BCUT2D eigenvalue weighted by molar-refractivity contribution is 6.32. The molecule has 0 aliphatic rings. The average molecular weight is 541 g/mol. The first kappa shape index (κ1) is 34.8. The Morgan fingerprint density at radius 1 is 0.459 bits per heavy atom. The van der Waals surface area contributed by atoms with Crippen molar-refractivity contribution < 1.29 is 66.9 Å². The van der Waals surface area contributed by atoms with Crippen LogP contribution in [0.2, 0.25) is 0 Å². The summed E-state index contributed by atoms with van der Waals surface area (Å²) >= 11 is 0. The van der Waals surface area contributed by atoms with Gasteiger partial charge in [0.1, 0.15) is 6.61 Å². The smallest absolute Gasteiger partial charge is 0.372 e. The highest BCUT2D eigenvalue weighted by Gasteiger charge is 2.14. The van der Waals surface area contributed by atoms with Gasteiger partial charge in [-0.2, -0.15) is 0 Å². The lowest BCUT2D eigenvalue weighted by Gasteiger charge is -2.08. The van der Waals surface area contributed by atoms with E-state index in [1.165, 1.54) is 7.11 Å². The van der Waals surface area contributed by atoms with E-state index in [1.54, 1.807) is 0 Å². The summed E-state index contributed by atoms with van der Waals surface area (Å²) in [5.74, 6) is -3.55. The van der Waals surface area contributed by atoms with Crippen LogP contribution < -0.4 is 0 Å². The molecule has 14 heteroatoms. The molecule has 1 N–H and O–H groups in total. The summed E-state index contributed by atoms with van der Waals surface area (Å²) in [5.41, 5.74) is 0. The minimum Gasteiger partial charge on any atom is -0.476 e. The van der Waals surface area contributed by atoms with E-state index >= 15 is 0 Å². The van der Waals surface area contributed by atoms with Crippen molar-refractivity contribution in [2.75, 3.05) is 106 Å². The number of aliphatic carboxylic acids is 1. The Balaban J connectivity index is 3.16. The molecular weight excluding hydrogens is 500 g/mol. The van der Waals surface area contributed by atoms with Gasteiger partial charge in [-0.05, 0) is 0 Å². The van der Waals surface area contributed by atoms with E-state index < -0.39 is 17.7 Å². The third-order valence-electron chi connectivity index (χ3n) is 4.20. The average Bonchev–Trinajstić information content (AvgIpc) is 2.89. The number of carboxylic acids is 1. The number of carboxylic acid groups (broad SMARTS) is 1. The molecule has 0 aromatic rings. The van der Waals surface area contributed by atoms with Crippen molar-refractivity contribution in [1.82, 2.24) is 0 Å². The first-order valence-electron chi connectivity index (χ1n) is 12.0. The van der Waals surface area contributed by atoms with E-state index in [9.17, 15) is 19.2 Å². The molecule has 0 radical (unpaired) electrons. The normalized spacial score (nSPS) is 10.8. The molecule has 0 aliphatic heterocycles. The molecule has 0 heterocycles. The molecule has 0 saturated heterocycles. The van der Waals surface area contributed by atoms with Gasteiger partial charge < -0.3 is 47.7 Å². The van der Waals surface area contributed by atoms with Crippen molar-refractivity contribution in [3.8, 4) is 0 Å². The quantitative estimate of drug-likeness (QED) is 0.0775. The molecule has 0 atom stereocenters. The summed E-state index contributed by atoms with van der Waals surface area (Å²) in [5, 5.41) is 8.41. The zero-order chi connectivity index (χ0) is 27.4. The van der Waals surface area contributed by atoms with Crippen LogP contribution in [-0.4, -0.2) is 135 Å². The molecule has 0 aliphatic carbocycles. The Labute approximate surface area is 216 Å². The Kier molecular flexibility index (Phi) is 25.3. The van der Waals surface area contributed by atoms with E-state index in [4.69, 9.17) is 43.0 Å². The van der Waals surface area contributed by atoms with Crippen molar-refractivity contribution in [1.29, 1.82) is 0 Å². The fraction of sp³-hybridized carbons (Fsp3) is 0.826. The SMILES string of the molecule is COC(=O)CCOCCOCCOCCOCCOCCOCCOCCOC(=O)CCC(=O)C(=O)O. The molecule has 216 valence electrons. The second-order valence-corrected chi connectivity index (χ2v) is 7.06. The van der Waals surface area contributed by atoms with Crippen LogP contribution in [0, 0.1) is 0 Å². The van der Waals surface area contributed by atoms with Crippen LogP contribution in [0.3, 0.4) is 0 Å². The lowest BCUT2D eigenvalue weighted by molar-refractivity contribution is -0.151. The number of hydrogen-bond acceptors (Lipinski definition) is 13. The molecule has 0 fully saturated rings. The topological polar surface area (TPSA) is 172 Å². The number of hydrogen-bond donors (Lipinski definition) is 1. The molecule has 0 saturated carbocycles. The Morgan fingerprint density at radius 2 is 0.811 bits per heavy atom. The van der Waals surface area contributed by atoms with E-state index in [0.717, 1.165) is 0 Å². The molecule has 0 spiro atoms. The Hall–Kier alpha value is -2.20. The first-order chi connectivity index (χ1) is 18.0. The molecule has 0 aromatic heterocycles. The van der Waals surface area contributed by atoms with Gasteiger partial charge in [-0.3, -0.25) is 14.4 Å². The second kappa shape index (κ2) is 26.9. The standard InChI is InChI=1S/C23H40O14/c1-29-21(25)4-5-30-6-7-31-8-9-32-10-11-33-12-13-34-14-15-35-16-17-36-18-19-37-22(26)3-2-20(24)23(27)28/h2-19H2,1H3,(H,27,28). The maximum absolute atomic E-state index is 11.3. The summed E-state index contributed by atoms with van der Waals surface area (Å²) in [6.07, 6.45) is -0.434. The minimum absolute atomic E-state index is 0.0122. The molecule has 0 rings (SSSR count). The lowest BCUT2D eigenvalue weighted by atomic mass is 10.2. The monoisotopic (exact) mass is 540 g/mol. The molecule has 0 unspecified atom stereocenters. The summed E-state index contributed by atoms with van der Waals surface area (Å²) in [6, 6.07) is 0. The number of rotatable bonds is 28. The zero-order valence-corrected chi connectivity index (χ0v) is 21.5.